The van der Waals surface area contributed by atoms with Crippen molar-refractivity contribution in [3.63, 3.8) is 0 Å². The highest BCUT2D eigenvalue weighted by molar-refractivity contribution is 6.43. The number of imide groups is 2. The van der Waals surface area contributed by atoms with E-state index in [0.717, 1.165) is 16.0 Å². The molecule has 0 unspecified atom stereocenters. The summed E-state index contributed by atoms with van der Waals surface area (Å²) >= 11 is 18.3. The molecule has 4 aromatic carbocycles. The third-order valence-corrected chi connectivity index (χ3v) is 7.45. The molecule has 5 rings (SSSR count). The highest BCUT2D eigenvalue weighted by atomic mass is 35.5. The molecule has 1 heterocycles. The van der Waals surface area contributed by atoms with Crippen molar-refractivity contribution in [2.24, 2.45) is 0 Å². The molecule has 4 aromatic rings. The van der Waals surface area contributed by atoms with Crippen LogP contribution in [0.5, 0.6) is 17.2 Å². The lowest BCUT2D eigenvalue weighted by Crippen LogP contribution is -2.54. The molecule has 0 radical (unpaired) electrons. The maximum Gasteiger partial charge on any atom is 0.335 e. The van der Waals surface area contributed by atoms with Crippen LogP contribution in [-0.4, -0.2) is 24.5 Å². The van der Waals surface area contributed by atoms with Crippen molar-refractivity contribution in [3.05, 3.63) is 122 Å². The van der Waals surface area contributed by atoms with E-state index in [1.807, 2.05) is 55.5 Å². The number of barbiturate groups is 1. The lowest BCUT2D eigenvalue weighted by Gasteiger charge is -2.26. The van der Waals surface area contributed by atoms with Gasteiger partial charge in [-0.1, -0.05) is 71.2 Å². The molecule has 0 aliphatic carbocycles. The summed E-state index contributed by atoms with van der Waals surface area (Å²) in [6.45, 7) is 2.85. The largest absolute Gasteiger partial charge is 0.490 e. The fourth-order valence-electron chi connectivity index (χ4n) is 4.36. The van der Waals surface area contributed by atoms with E-state index in [4.69, 9.17) is 49.0 Å². The maximum atomic E-state index is 13.4. The molecule has 1 N–H and O–H groups in total. The zero-order valence-corrected chi connectivity index (χ0v) is 25.6. The minimum atomic E-state index is -0.917. The van der Waals surface area contributed by atoms with Crippen LogP contribution in [0.2, 0.25) is 15.1 Å². The van der Waals surface area contributed by atoms with Crippen molar-refractivity contribution < 1.29 is 28.6 Å². The predicted octanol–water partition coefficient (Wildman–Crippen LogP) is 7.87. The molecule has 0 aromatic heterocycles. The Morgan fingerprint density at radius 3 is 2.20 bits per heavy atom. The SMILES string of the molecule is CCOc1cc(COc2ccc(Cl)cc2/C=C2/C(=O)NC(=O)N(c3ccc(Cl)c(Cl)c3)C2=O)ccc1OCc1ccccc1. The Hall–Kier alpha value is -4.50. The Balaban J connectivity index is 1.37. The molecule has 1 saturated heterocycles. The number of carbonyl (C=O) groups excluding carboxylic acids is 3. The van der Waals surface area contributed by atoms with Gasteiger partial charge in [0.1, 0.15) is 24.5 Å². The molecule has 1 aliphatic rings. The number of anilines is 1. The van der Waals surface area contributed by atoms with Crippen LogP contribution in [0.3, 0.4) is 0 Å². The highest BCUT2D eigenvalue weighted by Crippen LogP contribution is 2.33. The van der Waals surface area contributed by atoms with Gasteiger partial charge in [-0.3, -0.25) is 14.9 Å². The van der Waals surface area contributed by atoms with E-state index >= 15 is 0 Å². The number of nitrogens with zero attached hydrogens (tertiary/aromatic N) is 1. The first kappa shape index (κ1) is 30.9. The molecule has 44 heavy (non-hydrogen) atoms. The summed E-state index contributed by atoms with van der Waals surface area (Å²) in [5, 5.41) is 2.92. The van der Waals surface area contributed by atoms with Crippen LogP contribution >= 0.6 is 34.8 Å². The molecule has 224 valence electrons. The minimum absolute atomic E-state index is 0.130. The van der Waals surface area contributed by atoms with Crippen LogP contribution in [0, 0.1) is 0 Å². The second-order valence-corrected chi connectivity index (χ2v) is 10.8. The molecule has 0 saturated carbocycles. The first-order valence-corrected chi connectivity index (χ1v) is 14.6. The Kier molecular flexibility index (Phi) is 9.75. The maximum absolute atomic E-state index is 13.4. The van der Waals surface area contributed by atoms with Crippen LogP contribution in [0.25, 0.3) is 6.08 Å². The number of nitrogens with one attached hydrogen (secondary N) is 1. The fraction of sp³-hybridized carbons (Fsp3) is 0.121. The first-order chi connectivity index (χ1) is 21.2. The number of carbonyl (C=O) groups is 3. The average molecular weight is 652 g/mol. The molecule has 1 fully saturated rings. The summed E-state index contributed by atoms with van der Waals surface area (Å²) < 4.78 is 17.9. The monoisotopic (exact) mass is 650 g/mol. The van der Waals surface area contributed by atoms with Gasteiger partial charge in [-0.15, -0.1) is 0 Å². The zero-order valence-electron chi connectivity index (χ0n) is 23.3. The first-order valence-electron chi connectivity index (χ1n) is 13.4. The van der Waals surface area contributed by atoms with Crippen LogP contribution in [0.15, 0.2) is 90.5 Å². The number of halogens is 3. The summed E-state index contributed by atoms with van der Waals surface area (Å²) in [6, 6.07) is 23.4. The van der Waals surface area contributed by atoms with Gasteiger partial charge in [0.25, 0.3) is 11.8 Å². The van der Waals surface area contributed by atoms with Crippen molar-refractivity contribution in [3.8, 4) is 17.2 Å². The second kappa shape index (κ2) is 13.9. The summed E-state index contributed by atoms with van der Waals surface area (Å²) in [5.74, 6) is -0.202. The minimum Gasteiger partial charge on any atom is -0.490 e. The average Bonchev–Trinajstić information content (AvgIpc) is 3.00. The molecule has 0 bridgehead atoms. The number of rotatable bonds is 10. The summed E-state index contributed by atoms with van der Waals surface area (Å²) in [6.07, 6.45) is 1.32. The topological polar surface area (TPSA) is 94.2 Å². The van der Waals surface area contributed by atoms with E-state index < -0.39 is 17.8 Å². The molecule has 8 nitrogen and oxygen atoms in total. The standard InChI is InChI=1S/C33H25Cl3N2O6/c1-2-42-30-14-21(8-12-29(30)44-18-20-6-4-3-5-7-20)19-43-28-13-9-23(34)15-22(28)16-25-31(39)37-33(41)38(32(25)40)24-10-11-26(35)27(36)17-24/h3-17H,2,18-19H2,1H3,(H,37,39,41)/b25-16-. The van der Waals surface area contributed by atoms with Gasteiger partial charge in [-0.25, -0.2) is 9.69 Å². The summed E-state index contributed by atoms with van der Waals surface area (Å²) in [7, 11) is 0. The molecule has 0 spiro atoms. The predicted molar refractivity (Wildman–Crippen MR) is 170 cm³/mol. The van der Waals surface area contributed by atoms with Crippen LogP contribution in [0.4, 0.5) is 10.5 Å². The molecule has 11 heteroatoms. The summed E-state index contributed by atoms with van der Waals surface area (Å²) in [4.78, 5) is 39.6. The lowest BCUT2D eigenvalue weighted by atomic mass is 10.1. The number of hydrogen-bond acceptors (Lipinski definition) is 6. The smallest absolute Gasteiger partial charge is 0.335 e. The molecule has 4 amide bonds. The van der Waals surface area contributed by atoms with Crippen molar-refractivity contribution >= 4 is 64.4 Å². The van der Waals surface area contributed by atoms with Gasteiger partial charge in [-0.2, -0.15) is 0 Å². The van der Waals surface area contributed by atoms with Crippen molar-refractivity contribution in [2.45, 2.75) is 20.1 Å². The Morgan fingerprint density at radius 2 is 1.45 bits per heavy atom. The van der Waals surface area contributed by atoms with Gasteiger partial charge in [0.15, 0.2) is 11.5 Å². The van der Waals surface area contributed by atoms with E-state index in [1.165, 1.54) is 24.3 Å². The Bertz CT molecular complexity index is 1760. The van der Waals surface area contributed by atoms with E-state index in [9.17, 15) is 14.4 Å². The Morgan fingerprint density at radius 1 is 0.727 bits per heavy atom. The second-order valence-electron chi connectivity index (χ2n) is 9.52. The van der Waals surface area contributed by atoms with Gasteiger partial charge in [0, 0.05) is 10.6 Å². The van der Waals surface area contributed by atoms with Gasteiger partial charge >= 0.3 is 6.03 Å². The number of hydrogen-bond donors (Lipinski definition) is 1. The number of urea groups is 1. The lowest BCUT2D eigenvalue weighted by molar-refractivity contribution is -0.122. The zero-order chi connectivity index (χ0) is 31.2. The van der Waals surface area contributed by atoms with E-state index in [-0.39, 0.29) is 27.9 Å². The van der Waals surface area contributed by atoms with Crippen molar-refractivity contribution in [1.29, 1.82) is 0 Å². The molecule has 0 atom stereocenters. The van der Waals surface area contributed by atoms with Crippen LogP contribution < -0.4 is 24.4 Å². The van der Waals surface area contributed by atoms with Crippen molar-refractivity contribution in [2.75, 3.05) is 11.5 Å². The van der Waals surface area contributed by atoms with Crippen LogP contribution in [0.1, 0.15) is 23.6 Å². The van der Waals surface area contributed by atoms with Gasteiger partial charge in [0.2, 0.25) is 0 Å². The van der Waals surface area contributed by atoms with E-state index in [0.29, 0.717) is 41.0 Å². The van der Waals surface area contributed by atoms with E-state index in [2.05, 4.69) is 5.32 Å². The van der Waals surface area contributed by atoms with Gasteiger partial charge < -0.3 is 14.2 Å². The van der Waals surface area contributed by atoms with Crippen molar-refractivity contribution in [1.82, 2.24) is 5.32 Å². The quantitative estimate of drug-likeness (QED) is 0.139. The number of benzene rings is 4. The third kappa shape index (κ3) is 7.17. The van der Waals surface area contributed by atoms with Gasteiger partial charge in [0.05, 0.1) is 22.3 Å². The van der Waals surface area contributed by atoms with E-state index in [1.54, 1.807) is 18.2 Å². The summed E-state index contributed by atoms with van der Waals surface area (Å²) in [5.41, 5.74) is 2.01. The molecule has 1 aliphatic heterocycles. The molecular formula is C33H25Cl3N2O6. The Labute approximate surface area is 268 Å². The number of amides is 4. The normalized spacial score (nSPS) is 14.0. The highest BCUT2D eigenvalue weighted by Gasteiger charge is 2.37. The fourth-order valence-corrected chi connectivity index (χ4v) is 4.83. The van der Waals surface area contributed by atoms with Crippen LogP contribution in [-0.2, 0) is 22.8 Å². The molecular weight excluding hydrogens is 627 g/mol. The number of ether oxygens (including phenoxy) is 3. The van der Waals surface area contributed by atoms with Gasteiger partial charge in [-0.05, 0) is 72.7 Å². The third-order valence-electron chi connectivity index (χ3n) is 6.47.